The molecular formula is C11H16N2OS. The Hall–Kier alpha value is -1.03. The number of aryl methyl sites for hydroxylation is 1. The van der Waals surface area contributed by atoms with Gasteiger partial charge in [0.25, 0.3) is 0 Å². The Kier molecular flexibility index (Phi) is 2.95. The fourth-order valence-electron chi connectivity index (χ4n) is 1.84. The summed E-state index contributed by atoms with van der Waals surface area (Å²) in [7, 11) is -0.628. The van der Waals surface area contributed by atoms with Crippen molar-refractivity contribution in [1.29, 1.82) is 0 Å². The molecule has 1 saturated heterocycles. The van der Waals surface area contributed by atoms with Crippen molar-refractivity contribution in [2.24, 2.45) is 0 Å². The molecule has 0 unspecified atom stereocenters. The molecule has 1 fully saturated rings. The fourth-order valence-corrected chi connectivity index (χ4v) is 2.89. The van der Waals surface area contributed by atoms with E-state index in [1.165, 1.54) is 5.56 Å². The molecule has 1 aromatic rings. The van der Waals surface area contributed by atoms with E-state index in [0.717, 1.165) is 36.0 Å². The molecule has 1 aliphatic heterocycles. The molecule has 0 amide bonds. The van der Waals surface area contributed by atoms with Crippen molar-refractivity contribution in [1.82, 2.24) is 0 Å². The standard InChI is InChI=1S/C11H16N2OS/c1-9-2-3-11(10(12)8-9)13-4-6-15(14)7-5-13/h2-3,8H,4-7,12H2,1H3. The molecule has 15 heavy (non-hydrogen) atoms. The van der Waals surface area contributed by atoms with Crippen LogP contribution < -0.4 is 10.6 Å². The fraction of sp³-hybridized carbons (Fsp3) is 0.455. The van der Waals surface area contributed by atoms with Gasteiger partial charge in [0.15, 0.2) is 0 Å². The molecule has 0 spiro atoms. The van der Waals surface area contributed by atoms with Crippen LogP contribution in [-0.4, -0.2) is 28.8 Å². The third-order valence-corrected chi connectivity index (χ3v) is 3.98. The highest BCUT2D eigenvalue weighted by Gasteiger charge is 2.16. The van der Waals surface area contributed by atoms with Crippen molar-refractivity contribution in [2.75, 3.05) is 35.2 Å². The van der Waals surface area contributed by atoms with Crippen LogP contribution in [0.5, 0.6) is 0 Å². The monoisotopic (exact) mass is 224 g/mol. The number of hydrogen-bond donors (Lipinski definition) is 1. The average molecular weight is 224 g/mol. The third kappa shape index (κ3) is 2.31. The Balaban J connectivity index is 2.19. The van der Waals surface area contributed by atoms with Gasteiger partial charge >= 0.3 is 0 Å². The first kappa shape index (κ1) is 10.5. The molecule has 0 aromatic heterocycles. The zero-order valence-corrected chi connectivity index (χ0v) is 9.72. The molecule has 1 aromatic carbocycles. The van der Waals surface area contributed by atoms with Crippen LogP contribution in [0.1, 0.15) is 5.56 Å². The van der Waals surface area contributed by atoms with Gasteiger partial charge in [0.1, 0.15) is 0 Å². The predicted octanol–water partition coefficient (Wildman–Crippen LogP) is 1.15. The SMILES string of the molecule is Cc1ccc(N2CCS(=O)CC2)c(N)c1. The molecule has 0 aliphatic carbocycles. The average Bonchev–Trinajstić information content (AvgIpc) is 2.20. The molecule has 1 aliphatic rings. The topological polar surface area (TPSA) is 46.3 Å². The van der Waals surface area contributed by atoms with Crippen LogP contribution >= 0.6 is 0 Å². The summed E-state index contributed by atoms with van der Waals surface area (Å²) in [5.74, 6) is 1.51. The lowest BCUT2D eigenvalue weighted by Crippen LogP contribution is -2.38. The second kappa shape index (κ2) is 4.23. The van der Waals surface area contributed by atoms with E-state index in [4.69, 9.17) is 5.73 Å². The van der Waals surface area contributed by atoms with Gasteiger partial charge in [-0.2, -0.15) is 0 Å². The second-order valence-corrected chi connectivity index (χ2v) is 5.59. The van der Waals surface area contributed by atoms with Gasteiger partial charge in [-0.15, -0.1) is 0 Å². The van der Waals surface area contributed by atoms with Crippen LogP contribution in [0.25, 0.3) is 0 Å². The van der Waals surface area contributed by atoms with Gasteiger partial charge in [-0.05, 0) is 24.6 Å². The van der Waals surface area contributed by atoms with Gasteiger partial charge in [-0.25, -0.2) is 0 Å². The molecule has 0 atom stereocenters. The largest absolute Gasteiger partial charge is 0.397 e. The van der Waals surface area contributed by atoms with Crippen LogP contribution in [-0.2, 0) is 10.8 Å². The Bertz CT molecular complexity index is 382. The Morgan fingerprint density at radius 1 is 1.33 bits per heavy atom. The summed E-state index contributed by atoms with van der Waals surface area (Å²) < 4.78 is 11.2. The minimum absolute atomic E-state index is 0.628. The number of anilines is 2. The van der Waals surface area contributed by atoms with Crippen molar-refractivity contribution in [3.63, 3.8) is 0 Å². The van der Waals surface area contributed by atoms with Gasteiger partial charge in [-0.3, -0.25) is 4.21 Å². The van der Waals surface area contributed by atoms with E-state index in [2.05, 4.69) is 17.0 Å². The first-order chi connectivity index (χ1) is 7.16. The molecule has 2 rings (SSSR count). The lowest BCUT2D eigenvalue weighted by atomic mass is 10.2. The van der Waals surface area contributed by atoms with Gasteiger partial charge in [-0.1, -0.05) is 6.07 Å². The molecule has 1 heterocycles. The summed E-state index contributed by atoms with van der Waals surface area (Å²) in [5, 5.41) is 0. The molecule has 0 bridgehead atoms. The Morgan fingerprint density at radius 2 is 2.00 bits per heavy atom. The summed E-state index contributed by atoms with van der Waals surface area (Å²) in [6, 6.07) is 6.11. The first-order valence-corrected chi connectivity index (χ1v) is 6.61. The zero-order chi connectivity index (χ0) is 10.8. The van der Waals surface area contributed by atoms with E-state index in [1.54, 1.807) is 0 Å². The molecule has 0 saturated carbocycles. The quantitative estimate of drug-likeness (QED) is 0.728. The van der Waals surface area contributed by atoms with Crippen LogP contribution in [0.3, 0.4) is 0 Å². The normalized spacial score (nSPS) is 18.1. The number of rotatable bonds is 1. The van der Waals surface area contributed by atoms with Crippen molar-refractivity contribution in [3.8, 4) is 0 Å². The molecule has 82 valence electrons. The van der Waals surface area contributed by atoms with Gasteiger partial charge in [0.2, 0.25) is 0 Å². The zero-order valence-electron chi connectivity index (χ0n) is 8.90. The van der Waals surface area contributed by atoms with Gasteiger partial charge < -0.3 is 10.6 Å². The predicted molar refractivity (Wildman–Crippen MR) is 65.7 cm³/mol. The summed E-state index contributed by atoms with van der Waals surface area (Å²) in [6.45, 7) is 3.73. The summed E-state index contributed by atoms with van der Waals surface area (Å²) in [4.78, 5) is 2.22. The maximum absolute atomic E-state index is 11.2. The highest BCUT2D eigenvalue weighted by atomic mass is 32.2. The van der Waals surface area contributed by atoms with E-state index in [-0.39, 0.29) is 0 Å². The highest BCUT2D eigenvalue weighted by Crippen LogP contribution is 2.25. The van der Waals surface area contributed by atoms with Crippen LogP contribution in [0, 0.1) is 6.92 Å². The number of nitrogens with two attached hydrogens (primary N) is 1. The maximum atomic E-state index is 11.2. The molecule has 3 nitrogen and oxygen atoms in total. The molecular weight excluding hydrogens is 208 g/mol. The van der Waals surface area contributed by atoms with Crippen molar-refractivity contribution >= 4 is 22.2 Å². The van der Waals surface area contributed by atoms with Gasteiger partial charge in [0.05, 0.1) is 11.4 Å². The minimum atomic E-state index is -0.628. The van der Waals surface area contributed by atoms with E-state index >= 15 is 0 Å². The van der Waals surface area contributed by atoms with E-state index in [1.807, 2.05) is 13.0 Å². The maximum Gasteiger partial charge on any atom is 0.0600 e. The smallest absolute Gasteiger partial charge is 0.0600 e. The van der Waals surface area contributed by atoms with Crippen LogP contribution in [0.15, 0.2) is 18.2 Å². The van der Waals surface area contributed by atoms with Crippen LogP contribution in [0.4, 0.5) is 11.4 Å². The Morgan fingerprint density at radius 3 is 2.60 bits per heavy atom. The highest BCUT2D eigenvalue weighted by molar-refractivity contribution is 7.85. The van der Waals surface area contributed by atoms with Crippen molar-refractivity contribution in [2.45, 2.75) is 6.92 Å². The summed E-state index contributed by atoms with van der Waals surface area (Å²) in [6.07, 6.45) is 0. The number of benzene rings is 1. The molecule has 0 radical (unpaired) electrons. The van der Waals surface area contributed by atoms with E-state index < -0.39 is 10.8 Å². The van der Waals surface area contributed by atoms with Crippen molar-refractivity contribution in [3.05, 3.63) is 23.8 Å². The lowest BCUT2D eigenvalue weighted by molar-refractivity contribution is 0.673. The Labute approximate surface area is 92.7 Å². The molecule has 4 heteroatoms. The minimum Gasteiger partial charge on any atom is -0.397 e. The number of nitrogen functional groups attached to an aromatic ring is 1. The van der Waals surface area contributed by atoms with Crippen LogP contribution in [0.2, 0.25) is 0 Å². The summed E-state index contributed by atoms with van der Waals surface area (Å²) in [5.41, 5.74) is 9.05. The first-order valence-electron chi connectivity index (χ1n) is 5.13. The second-order valence-electron chi connectivity index (χ2n) is 3.90. The third-order valence-electron chi connectivity index (χ3n) is 2.70. The van der Waals surface area contributed by atoms with Crippen molar-refractivity contribution < 1.29 is 4.21 Å². The van der Waals surface area contributed by atoms with Gasteiger partial charge in [0, 0.05) is 35.4 Å². The van der Waals surface area contributed by atoms with E-state index in [9.17, 15) is 4.21 Å². The summed E-state index contributed by atoms with van der Waals surface area (Å²) >= 11 is 0. The van der Waals surface area contributed by atoms with E-state index in [0.29, 0.717) is 0 Å². The lowest BCUT2D eigenvalue weighted by Gasteiger charge is -2.29. The molecule has 2 N–H and O–H groups in total. The number of nitrogens with zero attached hydrogens (tertiary/aromatic N) is 1. The number of hydrogen-bond acceptors (Lipinski definition) is 3.